The van der Waals surface area contributed by atoms with Gasteiger partial charge in [-0.2, -0.15) is 0 Å². The Kier molecular flexibility index (Phi) is 7.98. The molecule has 0 rings (SSSR count). The summed E-state index contributed by atoms with van der Waals surface area (Å²) in [6, 6.07) is -0.626. The first-order valence-corrected chi connectivity index (χ1v) is 7.19. The third-order valence-electron chi connectivity index (χ3n) is 2.49. The standard InChI is InChI=1S/C16H27NO3/c1-7-8-9-10-11-13(18)14(12(2)3)17-15(19)20-16(4,5)6/h12,14H,7-9H2,1-6H3,(H,17,19)/t14-/m0/s1. The summed E-state index contributed by atoms with van der Waals surface area (Å²) in [5.74, 6) is 5.17. The lowest BCUT2D eigenvalue weighted by atomic mass is 10.00. The Labute approximate surface area is 122 Å². The quantitative estimate of drug-likeness (QED) is 0.478. The van der Waals surface area contributed by atoms with Crippen LogP contribution in [0.25, 0.3) is 0 Å². The number of hydrogen-bond donors (Lipinski definition) is 1. The molecule has 1 atom stereocenters. The first kappa shape index (κ1) is 18.5. The number of rotatable bonds is 5. The van der Waals surface area contributed by atoms with Gasteiger partial charge in [0, 0.05) is 6.42 Å². The Morgan fingerprint density at radius 3 is 2.30 bits per heavy atom. The average Bonchev–Trinajstić information content (AvgIpc) is 2.28. The van der Waals surface area contributed by atoms with Gasteiger partial charge in [0.2, 0.25) is 5.78 Å². The van der Waals surface area contributed by atoms with Gasteiger partial charge in [-0.25, -0.2) is 4.79 Å². The molecule has 0 spiro atoms. The Hall–Kier alpha value is -1.50. The summed E-state index contributed by atoms with van der Waals surface area (Å²) >= 11 is 0. The molecule has 0 bridgehead atoms. The van der Waals surface area contributed by atoms with Crippen LogP contribution in [0.15, 0.2) is 0 Å². The Morgan fingerprint density at radius 1 is 1.25 bits per heavy atom. The van der Waals surface area contributed by atoms with Crippen molar-refractivity contribution in [2.24, 2.45) is 5.92 Å². The normalized spacial score (nSPS) is 12.3. The minimum Gasteiger partial charge on any atom is -0.444 e. The van der Waals surface area contributed by atoms with E-state index in [2.05, 4.69) is 24.1 Å². The van der Waals surface area contributed by atoms with E-state index in [1.807, 2.05) is 13.8 Å². The number of alkyl carbamates (subject to hydrolysis) is 1. The molecular weight excluding hydrogens is 254 g/mol. The summed E-state index contributed by atoms with van der Waals surface area (Å²) in [5.41, 5.74) is -0.582. The maximum atomic E-state index is 12.0. The number of Topliss-reactive ketones (excluding diaryl/α,β-unsaturated/α-hetero) is 1. The van der Waals surface area contributed by atoms with E-state index in [9.17, 15) is 9.59 Å². The molecule has 0 aliphatic carbocycles. The van der Waals surface area contributed by atoms with Crippen LogP contribution in [-0.2, 0) is 9.53 Å². The van der Waals surface area contributed by atoms with Crippen molar-refractivity contribution in [3.05, 3.63) is 0 Å². The van der Waals surface area contributed by atoms with Gasteiger partial charge in [0.25, 0.3) is 0 Å². The third kappa shape index (κ3) is 8.58. The Bertz CT molecular complexity index is 383. The van der Waals surface area contributed by atoms with Gasteiger partial charge < -0.3 is 10.1 Å². The molecule has 0 saturated carbocycles. The van der Waals surface area contributed by atoms with E-state index in [0.29, 0.717) is 6.42 Å². The van der Waals surface area contributed by atoms with E-state index < -0.39 is 17.7 Å². The maximum Gasteiger partial charge on any atom is 0.408 e. The fourth-order valence-electron chi connectivity index (χ4n) is 1.46. The first-order chi connectivity index (χ1) is 9.17. The van der Waals surface area contributed by atoms with E-state index in [1.54, 1.807) is 20.8 Å². The Morgan fingerprint density at radius 2 is 1.85 bits per heavy atom. The Balaban J connectivity index is 4.60. The SMILES string of the molecule is CCCCC#CC(=O)[C@@H](NC(=O)OC(C)(C)C)C(C)C. The molecule has 0 heterocycles. The highest BCUT2D eigenvalue weighted by molar-refractivity contribution is 6.01. The van der Waals surface area contributed by atoms with E-state index in [4.69, 9.17) is 4.74 Å². The third-order valence-corrected chi connectivity index (χ3v) is 2.49. The van der Waals surface area contributed by atoms with Crippen LogP contribution in [0.1, 0.15) is 60.8 Å². The van der Waals surface area contributed by atoms with Crippen molar-refractivity contribution in [2.45, 2.75) is 72.4 Å². The number of unbranched alkanes of at least 4 members (excludes halogenated alkanes) is 2. The van der Waals surface area contributed by atoms with Crippen molar-refractivity contribution in [2.75, 3.05) is 0 Å². The smallest absolute Gasteiger partial charge is 0.408 e. The maximum absolute atomic E-state index is 12.0. The summed E-state index contributed by atoms with van der Waals surface area (Å²) in [6.07, 6.45) is 2.15. The topological polar surface area (TPSA) is 55.4 Å². The monoisotopic (exact) mass is 281 g/mol. The number of ether oxygens (including phenoxy) is 1. The number of nitrogens with one attached hydrogen (secondary N) is 1. The minimum atomic E-state index is -0.626. The molecule has 1 N–H and O–H groups in total. The molecule has 0 unspecified atom stereocenters. The van der Waals surface area contributed by atoms with Crippen LogP contribution >= 0.6 is 0 Å². The zero-order valence-corrected chi connectivity index (χ0v) is 13.5. The van der Waals surface area contributed by atoms with E-state index >= 15 is 0 Å². The van der Waals surface area contributed by atoms with Crippen LogP contribution in [-0.4, -0.2) is 23.5 Å². The predicted octanol–water partition coefficient (Wildman–Crippen LogP) is 3.30. The average molecular weight is 281 g/mol. The van der Waals surface area contributed by atoms with Gasteiger partial charge in [-0.3, -0.25) is 4.79 Å². The molecule has 114 valence electrons. The summed E-state index contributed by atoms with van der Waals surface area (Å²) in [6.45, 7) is 11.2. The second-order valence-corrected chi connectivity index (χ2v) is 6.14. The molecule has 1 amide bonds. The molecule has 4 nitrogen and oxygen atoms in total. The molecular formula is C16H27NO3. The van der Waals surface area contributed by atoms with Crippen molar-refractivity contribution < 1.29 is 14.3 Å². The van der Waals surface area contributed by atoms with Gasteiger partial charge in [-0.1, -0.05) is 33.1 Å². The van der Waals surface area contributed by atoms with E-state index in [1.165, 1.54) is 0 Å². The van der Waals surface area contributed by atoms with Gasteiger partial charge in [0.15, 0.2) is 0 Å². The molecule has 0 aromatic heterocycles. The zero-order valence-electron chi connectivity index (χ0n) is 13.5. The number of carbonyl (C=O) groups is 2. The van der Waals surface area contributed by atoms with Crippen molar-refractivity contribution in [1.29, 1.82) is 0 Å². The van der Waals surface area contributed by atoms with Crippen LogP contribution in [0.4, 0.5) is 4.79 Å². The second-order valence-electron chi connectivity index (χ2n) is 6.14. The summed E-state index contributed by atoms with van der Waals surface area (Å²) in [5, 5.41) is 2.60. The second kappa shape index (κ2) is 8.63. The summed E-state index contributed by atoms with van der Waals surface area (Å²) in [7, 11) is 0. The molecule has 0 radical (unpaired) electrons. The van der Waals surface area contributed by atoms with Crippen molar-refractivity contribution in [3.8, 4) is 11.8 Å². The molecule has 0 aromatic carbocycles. The lowest BCUT2D eigenvalue weighted by molar-refractivity contribution is -0.116. The summed E-state index contributed by atoms with van der Waals surface area (Å²) in [4.78, 5) is 23.7. The fraction of sp³-hybridized carbons (Fsp3) is 0.750. The zero-order chi connectivity index (χ0) is 15.8. The van der Waals surface area contributed by atoms with Crippen LogP contribution in [0.5, 0.6) is 0 Å². The lowest BCUT2D eigenvalue weighted by Gasteiger charge is -2.23. The lowest BCUT2D eigenvalue weighted by Crippen LogP contribution is -2.46. The van der Waals surface area contributed by atoms with Crippen LogP contribution in [0, 0.1) is 17.8 Å². The largest absolute Gasteiger partial charge is 0.444 e. The van der Waals surface area contributed by atoms with Gasteiger partial charge in [0.1, 0.15) is 11.6 Å². The fourth-order valence-corrected chi connectivity index (χ4v) is 1.46. The summed E-state index contributed by atoms with van der Waals surface area (Å²) < 4.78 is 5.16. The molecule has 0 aliphatic rings. The molecule has 0 aromatic rings. The minimum absolute atomic E-state index is 0.0320. The van der Waals surface area contributed by atoms with Crippen LogP contribution in [0.3, 0.4) is 0 Å². The number of ketones is 1. The first-order valence-electron chi connectivity index (χ1n) is 7.19. The van der Waals surface area contributed by atoms with Crippen LogP contribution in [0.2, 0.25) is 0 Å². The number of amides is 1. The highest BCUT2D eigenvalue weighted by atomic mass is 16.6. The van der Waals surface area contributed by atoms with Gasteiger partial charge in [0.05, 0.1) is 0 Å². The van der Waals surface area contributed by atoms with Crippen LogP contribution < -0.4 is 5.32 Å². The highest BCUT2D eigenvalue weighted by Crippen LogP contribution is 2.09. The van der Waals surface area contributed by atoms with Gasteiger partial charge >= 0.3 is 6.09 Å². The molecule has 20 heavy (non-hydrogen) atoms. The van der Waals surface area contributed by atoms with Gasteiger partial charge in [-0.05, 0) is 39.0 Å². The van der Waals surface area contributed by atoms with E-state index in [-0.39, 0.29) is 11.7 Å². The van der Waals surface area contributed by atoms with E-state index in [0.717, 1.165) is 12.8 Å². The van der Waals surface area contributed by atoms with Gasteiger partial charge in [-0.15, -0.1) is 0 Å². The highest BCUT2D eigenvalue weighted by Gasteiger charge is 2.25. The number of carbonyl (C=O) groups excluding carboxylic acids is 2. The van der Waals surface area contributed by atoms with Crippen molar-refractivity contribution >= 4 is 11.9 Å². The molecule has 0 aliphatic heterocycles. The number of hydrogen-bond acceptors (Lipinski definition) is 3. The van der Waals surface area contributed by atoms with Crippen molar-refractivity contribution in [1.82, 2.24) is 5.32 Å². The predicted molar refractivity (Wildman–Crippen MR) is 80.3 cm³/mol. The molecule has 0 saturated heterocycles. The molecule has 4 heteroatoms. The molecule has 0 fully saturated rings. The van der Waals surface area contributed by atoms with Crippen molar-refractivity contribution in [3.63, 3.8) is 0 Å².